The zero-order valence-corrected chi connectivity index (χ0v) is 20.6. The van der Waals surface area contributed by atoms with Gasteiger partial charge in [-0.25, -0.2) is 19.6 Å². The molecule has 1 N–H and O–H groups in total. The predicted octanol–water partition coefficient (Wildman–Crippen LogP) is 5.16. The van der Waals surface area contributed by atoms with Crippen molar-refractivity contribution in [1.82, 2.24) is 24.7 Å². The zero-order valence-electron chi connectivity index (χ0n) is 19.6. The summed E-state index contributed by atoms with van der Waals surface area (Å²) < 4.78 is 13.6. The SMILES string of the molecule is Cc1ncc(Nc2nccc3cc(OCc4cnn(COCC[Si](C)(C)C)c4)ccc23)cn1. The first-order chi connectivity index (χ1) is 15.9. The average molecular weight is 463 g/mol. The van der Waals surface area contributed by atoms with Crippen molar-refractivity contribution in [2.45, 2.75) is 45.9 Å². The highest BCUT2D eigenvalue weighted by atomic mass is 28.3. The fourth-order valence-electron chi connectivity index (χ4n) is 3.19. The highest BCUT2D eigenvalue weighted by Gasteiger charge is 2.12. The van der Waals surface area contributed by atoms with Crippen molar-refractivity contribution in [3.8, 4) is 5.75 Å². The minimum Gasteiger partial charge on any atom is -0.489 e. The molecule has 172 valence electrons. The van der Waals surface area contributed by atoms with Crippen LogP contribution in [0.4, 0.5) is 11.5 Å². The number of rotatable bonds is 10. The molecule has 0 bridgehead atoms. The van der Waals surface area contributed by atoms with E-state index in [0.717, 1.165) is 52.1 Å². The molecule has 4 rings (SSSR count). The molecule has 0 unspecified atom stereocenters. The fraction of sp³-hybridized carbons (Fsp3) is 0.333. The minimum absolute atomic E-state index is 0.442. The lowest BCUT2D eigenvalue weighted by Crippen LogP contribution is -2.22. The molecule has 0 radical (unpaired) electrons. The van der Waals surface area contributed by atoms with Gasteiger partial charge >= 0.3 is 0 Å². The van der Waals surface area contributed by atoms with Crippen LogP contribution in [0.25, 0.3) is 10.8 Å². The van der Waals surface area contributed by atoms with Crippen LogP contribution < -0.4 is 10.1 Å². The molecule has 0 aliphatic heterocycles. The molecule has 0 amide bonds. The van der Waals surface area contributed by atoms with Gasteiger partial charge in [-0.1, -0.05) is 19.6 Å². The van der Waals surface area contributed by atoms with Crippen molar-refractivity contribution in [2.24, 2.45) is 0 Å². The van der Waals surface area contributed by atoms with Crippen molar-refractivity contribution in [2.75, 3.05) is 11.9 Å². The van der Waals surface area contributed by atoms with Crippen molar-refractivity contribution >= 4 is 30.4 Å². The van der Waals surface area contributed by atoms with E-state index >= 15 is 0 Å². The van der Waals surface area contributed by atoms with Crippen LogP contribution in [-0.2, 0) is 18.1 Å². The van der Waals surface area contributed by atoms with E-state index in [4.69, 9.17) is 9.47 Å². The fourth-order valence-corrected chi connectivity index (χ4v) is 3.95. The highest BCUT2D eigenvalue weighted by Crippen LogP contribution is 2.27. The molecule has 1 aromatic carbocycles. The number of anilines is 2. The van der Waals surface area contributed by atoms with E-state index in [1.54, 1.807) is 18.6 Å². The van der Waals surface area contributed by atoms with E-state index in [0.29, 0.717) is 13.3 Å². The Morgan fingerprint density at radius 1 is 1.03 bits per heavy atom. The number of nitrogens with zero attached hydrogens (tertiary/aromatic N) is 5. The number of hydrogen-bond donors (Lipinski definition) is 1. The number of ether oxygens (including phenoxy) is 2. The van der Waals surface area contributed by atoms with Gasteiger partial charge in [0.1, 0.15) is 30.7 Å². The molecule has 0 saturated carbocycles. The summed E-state index contributed by atoms with van der Waals surface area (Å²) in [4.78, 5) is 12.9. The van der Waals surface area contributed by atoms with Gasteiger partial charge < -0.3 is 14.8 Å². The molecule has 3 heterocycles. The quantitative estimate of drug-likeness (QED) is 0.257. The lowest BCUT2D eigenvalue weighted by Gasteiger charge is -2.15. The van der Waals surface area contributed by atoms with Gasteiger partial charge in [-0.15, -0.1) is 0 Å². The van der Waals surface area contributed by atoms with E-state index in [9.17, 15) is 0 Å². The van der Waals surface area contributed by atoms with Crippen LogP contribution in [0.15, 0.2) is 55.2 Å². The summed E-state index contributed by atoms with van der Waals surface area (Å²) in [7, 11) is -1.07. The molecule has 0 fully saturated rings. The number of benzene rings is 1. The molecule has 0 saturated heterocycles. The molecule has 0 aliphatic rings. The van der Waals surface area contributed by atoms with E-state index < -0.39 is 8.07 Å². The topological polar surface area (TPSA) is 87.0 Å². The number of fused-ring (bicyclic) bond motifs is 1. The Balaban J connectivity index is 1.35. The molecular weight excluding hydrogens is 432 g/mol. The Morgan fingerprint density at radius 2 is 1.85 bits per heavy atom. The maximum Gasteiger partial charge on any atom is 0.139 e. The van der Waals surface area contributed by atoms with Crippen molar-refractivity contribution in [3.63, 3.8) is 0 Å². The standard InChI is InChI=1S/C24H30N6O2Si/c1-18-26-13-21(14-27-18)29-24-23-6-5-22(11-20(23)7-8-25-24)32-16-19-12-28-30(15-19)17-31-9-10-33(2,3)4/h5-8,11-15H,9-10,16-17H2,1-4H3,(H,25,29). The van der Waals surface area contributed by atoms with Gasteiger partial charge in [-0.05, 0) is 42.6 Å². The Bertz CT molecular complexity index is 1200. The van der Waals surface area contributed by atoms with Crippen LogP contribution in [-0.4, -0.2) is 39.4 Å². The molecule has 9 heteroatoms. The molecule has 3 aromatic heterocycles. The van der Waals surface area contributed by atoms with Crippen LogP contribution >= 0.6 is 0 Å². The first-order valence-corrected chi connectivity index (χ1v) is 14.7. The van der Waals surface area contributed by atoms with Gasteiger partial charge in [0.15, 0.2) is 0 Å². The van der Waals surface area contributed by atoms with Crippen LogP contribution in [0.1, 0.15) is 11.4 Å². The summed E-state index contributed by atoms with van der Waals surface area (Å²) in [5.41, 5.74) is 1.79. The van der Waals surface area contributed by atoms with Gasteiger partial charge in [0.2, 0.25) is 0 Å². The maximum atomic E-state index is 6.01. The lowest BCUT2D eigenvalue weighted by molar-refractivity contribution is 0.0785. The number of aryl methyl sites for hydroxylation is 1. The van der Waals surface area contributed by atoms with Crippen molar-refractivity contribution in [3.05, 3.63) is 66.6 Å². The number of aromatic nitrogens is 5. The number of hydrogen-bond acceptors (Lipinski definition) is 7. The minimum atomic E-state index is -1.07. The lowest BCUT2D eigenvalue weighted by atomic mass is 10.1. The van der Waals surface area contributed by atoms with Gasteiger partial charge in [0.05, 0.1) is 24.3 Å². The molecule has 0 atom stereocenters. The van der Waals surface area contributed by atoms with Crippen LogP contribution in [0.3, 0.4) is 0 Å². The van der Waals surface area contributed by atoms with Gasteiger partial charge in [0, 0.05) is 38.0 Å². The van der Waals surface area contributed by atoms with E-state index in [1.165, 1.54) is 0 Å². The van der Waals surface area contributed by atoms with Crippen molar-refractivity contribution in [1.29, 1.82) is 0 Å². The summed E-state index contributed by atoms with van der Waals surface area (Å²) in [6.07, 6.45) is 9.05. The Hall–Kier alpha value is -3.30. The molecular formula is C24H30N6O2Si. The van der Waals surface area contributed by atoms with E-state index in [1.807, 2.05) is 48.3 Å². The largest absolute Gasteiger partial charge is 0.489 e. The van der Waals surface area contributed by atoms with Crippen LogP contribution in [0.5, 0.6) is 5.75 Å². The van der Waals surface area contributed by atoms with Gasteiger partial charge in [-0.3, -0.25) is 0 Å². The molecule has 0 spiro atoms. The van der Waals surface area contributed by atoms with Crippen LogP contribution in [0, 0.1) is 6.92 Å². The monoisotopic (exact) mass is 462 g/mol. The van der Waals surface area contributed by atoms with Gasteiger partial charge in [0.25, 0.3) is 0 Å². The first-order valence-electron chi connectivity index (χ1n) is 11.0. The normalized spacial score (nSPS) is 11.6. The first kappa shape index (κ1) is 22.9. The molecule has 33 heavy (non-hydrogen) atoms. The third kappa shape index (κ3) is 6.59. The summed E-state index contributed by atoms with van der Waals surface area (Å²) in [5.74, 6) is 2.27. The second-order valence-electron chi connectivity index (χ2n) is 9.21. The third-order valence-corrected chi connectivity index (χ3v) is 6.80. The molecule has 8 nitrogen and oxygen atoms in total. The van der Waals surface area contributed by atoms with E-state index in [-0.39, 0.29) is 0 Å². The number of pyridine rings is 1. The van der Waals surface area contributed by atoms with E-state index in [2.05, 4.69) is 45.0 Å². The molecule has 4 aromatic rings. The summed E-state index contributed by atoms with van der Waals surface area (Å²) in [6, 6.07) is 9.08. The average Bonchev–Trinajstić information content (AvgIpc) is 3.24. The highest BCUT2D eigenvalue weighted by molar-refractivity contribution is 6.76. The molecule has 0 aliphatic carbocycles. The smallest absolute Gasteiger partial charge is 0.139 e. The predicted molar refractivity (Wildman–Crippen MR) is 132 cm³/mol. The number of nitrogens with one attached hydrogen (secondary N) is 1. The summed E-state index contributed by atoms with van der Waals surface area (Å²) in [6.45, 7) is 10.6. The summed E-state index contributed by atoms with van der Waals surface area (Å²) in [5, 5.41) is 9.68. The Labute approximate surface area is 195 Å². The van der Waals surface area contributed by atoms with Gasteiger partial charge in [-0.2, -0.15) is 5.10 Å². The van der Waals surface area contributed by atoms with Crippen LogP contribution in [0.2, 0.25) is 25.7 Å². The second-order valence-corrected chi connectivity index (χ2v) is 14.8. The zero-order chi connectivity index (χ0) is 23.3. The van der Waals surface area contributed by atoms with Crippen molar-refractivity contribution < 1.29 is 9.47 Å². The Kier molecular flexibility index (Phi) is 7.00. The second kappa shape index (κ2) is 10.1. The summed E-state index contributed by atoms with van der Waals surface area (Å²) >= 11 is 0. The third-order valence-electron chi connectivity index (χ3n) is 5.09. The Morgan fingerprint density at radius 3 is 2.64 bits per heavy atom. The maximum absolute atomic E-state index is 6.01.